The first-order chi connectivity index (χ1) is 5.27. The van der Waals surface area contributed by atoms with E-state index in [1.54, 1.807) is 0 Å². The van der Waals surface area contributed by atoms with Crippen LogP contribution < -0.4 is 0 Å². The zero-order valence-electron chi connectivity index (χ0n) is 7.21. The van der Waals surface area contributed by atoms with E-state index in [2.05, 4.69) is 19.0 Å². The zero-order valence-corrected chi connectivity index (χ0v) is 7.21. The SMILES string of the molecule is CC(C)C1CC(C2CC2)=NO1. The molecule has 62 valence electrons. The molecule has 1 saturated carbocycles. The zero-order chi connectivity index (χ0) is 7.84. The molecular formula is C9H15NO. The van der Waals surface area contributed by atoms with Crippen molar-refractivity contribution in [2.75, 3.05) is 0 Å². The van der Waals surface area contributed by atoms with Crippen LogP contribution in [0.4, 0.5) is 0 Å². The molecule has 2 rings (SSSR count). The minimum Gasteiger partial charge on any atom is -0.392 e. The van der Waals surface area contributed by atoms with Crippen molar-refractivity contribution in [2.45, 2.75) is 39.2 Å². The molecule has 0 N–H and O–H groups in total. The highest BCUT2D eigenvalue weighted by Gasteiger charge is 2.34. The van der Waals surface area contributed by atoms with E-state index in [0.717, 1.165) is 12.3 Å². The van der Waals surface area contributed by atoms with Crippen molar-refractivity contribution in [1.29, 1.82) is 0 Å². The summed E-state index contributed by atoms with van der Waals surface area (Å²) in [6.45, 7) is 4.38. The van der Waals surface area contributed by atoms with E-state index in [0.29, 0.717) is 12.0 Å². The van der Waals surface area contributed by atoms with Crippen molar-refractivity contribution in [3.05, 3.63) is 0 Å². The Labute approximate surface area is 67.6 Å². The first-order valence-electron chi connectivity index (χ1n) is 4.50. The van der Waals surface area contributed by atoms with Gasteiger partial charge in [-0.05, 0) is 18.8 Å². The predicted molar refractivity (Wildman–Crippen MR) is 44.5 cm³/mol. The smallest absolute Gasteiger partial charge is 0.135 e. The first kappa shape index (κ1) is 7.14. The number of hydrogen-bond acceptors (Lipinski definition) is 2. The Balaban J connectivity index is 1.89. The molecule has 0 bridgehead atoms. The average Bonchev–Trinajstić information content (AvgIpc) is 2.68. The standard InChI is InChI=1S/C9H15NO/c1-6(2)9-5-8(10-11-9)7-3-4-7/h6-7,9H,3-5H2,1-2H3. The van der Waals surface area contributed by atoms with Crippen molar-refractivity contribution in [3.8, 4) is 0 Å². The van der Waals surface area contributed by atoms with E-state index in [1.807, 2.05) is 0 Å². The lowest BCUT2D eigenvalue weighted by Gasteiger charge is -2.10. The topological polar surface area (TPSA) is 21.6 Å². The van der Waals surface area contributed by atoms with Gasteiger partial charge < -0.3 is 4.84 Å². The second-order valence-electron chi connectivity index (χ2n) is 3.95. The summed E-state index contributed by atoms with van der Waals surface area (Å²) in [6.07, 6.45) is 4.13. The highest BCUT2D eigenvalue weighted by atomic mass is 16.6. The highest BCUT2D eigenvalue weighted by molar-refractivity contribution is 5.89. The van der Waals surface area contributed by atoms with E-state index in [1.165, 1.54) is 18.6 Å². The maximum Gasteiger partial charge on any atom is 0.135 e. The molecule has 0 aromatic heterocycles. The van der Waals surface area contributed by atoms with Crippen molar-refractivity contribution in [3.63, 3.8) is 0 Å². The van der Waals surface area contributed by atoms with Gasteiger partial charge in [-0.15, -0.1) is 0 Å². The molecule has 1 atom stereocenters. The van der Waals surface area contributed by atoms with Gasteiger partial charge in [0.1, 0.15) is 6.10 Å². The van der Waals surface area contributed by atoms with Crippen LogP contribution in [-0.4, -0.2) is 11.8 Å². The molecule has 0 saturated heterocycles. The van der Waals surface area contributed by atoms with Crippen LogP contribution in [0.2, 0.25) is 0 Å². The second-order valence-corrected chi connectivity index (χ2v) is 3.95. The summed E-state index contributed by atoms with van der Waals surface area (Å²) in [5.74, 6) is 1.40. The molecule has 11 heavy (non-hydrogen) atoms. The lowest BCUT2D eigenvalue weighted by Crippen LogP contribution is -2.15. The van der Waals surface area contributed by atoms with Crippen molar-refractivity contribution in [1.82, 2.24) is 0 Å². The molecule has 2 heteroatoms. The average molecular weight is 153 g/mol. The summed E-state index contributed by atoms with van der Waals surface area (Å²) in [4.78, 5) is 5.32. The maximum atomic E-state index is 5.32. The number of hydrogen-bond donors (Lipinski definition) is 0. The third-order valence-electron chi connectivity index (χ3n) is 2.51. The number of rotatable bonds is 2. The Hall–Kier alpha value is -0.530. The van der Waals surface area contributed by atoms with Gasteiger partial charge in [-0.2, -0.15) is 0 Å². The van der Waals surface area contributed by atoms with Gasteiger partial charge in [-0.25, -0.2) is 0 Å². The summed E-state index contributed by atoms with van der Waals surface area (Å²) in [6, 6.07) is 0. The lowest BCUT2D eigenvalue weighted by molar-refractivity contribution is 0.0521. The van der Waals surface area contributed by atoms with Gasteiger partial charge in [-0.1, -0.05) is 19.0 Å². The van der Waals surface area contributed by atoms with Crippen LogP contribution in [0.5, 0.6) is 0 Å². The minimum absolute atomic E-state index is 0.366. The Morgan fingerprint density at radius 1 is 1.45 bits per heavy atom. The summed E-state index contributed by atoms with van der Waals surface area (Å²) in [5.41, 5.74) is 1.32. The lowest BCUT2D eigenvalue weighted by atomic mass is 10.0. The van der Waals surface area contributed by atoms with Gasteiger partial charge in [0, 0.05) is 12.3 Å². The Morgan fingerprint density at radius 3 is 2.64 bits per heavy atom. The summed E-state index contributed by atoms with van der Waals surface area (Å²) < 4.78 is 0. The van der Waals surface area contributed by atoms with Crippen molar-refractivity contribution < 1.29 is 4.84 Å². The van der Waals surface area contributed by atoms with Crippen LogP contribution in [0.25, 0.3) is 0 Å². The fraction of sp³-hybridized carbons (Fsp3) is 0.889. The van der Waals surface area contributed by atoms with Crippen molar-refractivity contribution >= 4 is 5.71 Å². The van der Waals surface area contributed by atoms with Gasteiger partial charge in [0.05, 0.1) is 5.71 Å². The molecule has 1 unspecified atom stereocenters. The molecule has 2 aliphatic rings. The van der Waals surface area contributed by atoms with Crippen LogP contribution in [0.1, 0.15) is 33.1 Å². The molecule has 1 heterocycles. The predicted octanol–water partition coefficient (Wildman–Crippen LogP) is 2.20. The summed E-state index contributed by atoms with van der Waals surface area (Å²) in [5, 5.41) is 4.12. The summed E-state index contributed by atoms with van der Waals surface area (Å²) in [7, 11) is 0. The van der Waals surface area contributed by atoms with Crippen LogP contribution in [0.15, 0.2) is 5.16 Å². The largest absolute Gasteiger partial charge is 0.392 e. The van der Waals surface area contributed by atoms with E-state index in [9.17, 15) is 0 Å². The van der Waals surface area contributed by atoms with Gasteiger partial charge in [0.15, 0.2) is 0 Å². The number of oxime groups is 1. The van der Waals surface area contributed by atoms with Crippen LogP contribution >= 0.6 is 0 Å². The van der Waals surface area contributed by atoms with Gasteiger partial charge >= 0.3 is 0 Å². The van der Waals surface area contributed by atoms with Crippen LogP contribution in [0, 0.1) is 11.8 Å². The molecule has 0 aromatic carbocycles. The minimum atomic E-state index is 0.366. The normalized spacial score (nSPS) is 30.5. The van der Waals surface area contributed by atoms with E-state index >= 15 is 0 Å². The molecule has 1 aliphatic carbocycles. The van der Waals surface area contributed by atoms with Gasteiger partial charge in [-0.3, -0.25) is 0 Å². The molecule has 2 nitrogen and oxygen atoms in total. The van der Waals surface area contributed by atoms with E-state index in [-0.39, 0.29) is 0 Å². The van der Waals surface area contributed by atoms with Crippen LogP contribution in [0.3, 0.4) is 0 Å². The number of nitrogens with zero attached hydrogens (tertiary/aromatic N) is 1. The quantitative estimate of drug-likeness (QED) is 0.596. The third-order valence-corrected chi connectivity index (χ3v) is 2.51. The molecule has 1 aliphatic heterocycles. The Kier molecular flexibility index (Phi) is 1.63. The molecule has 0 radical (unpaired) electrons. The maximum absolute atomic E-state index is 5.32. The fourth-order valence-electron chi connectivity index (χ4n) is 1.43. The van der Waals surface area contributed by atoms with Crippen molar-refractivity contribution in [2.24, 2.45) is 17.0 Å². The van der Waals surface area contributed by atoms with Crippen LogP contribution in [-0.2, 0) is 4.84 Å². The molecule has 0 amide bonds. The molecular weight excluding hydrogens is 138 g/mol. The molecule has 0 aromatic rings. The van der Waals surface area contributed by atoms with Gasteiger partial charge in [0.25, 0.3) is 0 Å². The highest BCUT2D eigenvalue weighted by Crippen LogP contribution is 2.35. The fourth-order valence-corrected chi connectivity index (χ4v) is 1.43. The summed E-state index contributed by atoms with van der Waals surface area (Å²) >= 11 is 0. The third kappa shape index (κ3) is 1.39. The Bertz CT molecular complexity index is 182. The van der Waals surface area contributed by atoms with Gasteiger partial charge in [0.2, 0.25) is 0 Å². The first-order valence-corrected chi connectivity index (χ1v) is 4.50. The van der Waals surface area contributed by atoms with E-state index in [4.69, 9.17) is 4.84 Å². The monoisotopic (exact) mass is 153 g/mol. The van der Waals surface area contributed by atoms with E-state index < -0.39 is 0 Å². The second kappa shape index (κ2) is 2.50. The molecule has 0 spiro atoms. The molecule has 1 fully saturated rings. The Morgan fingerprint density at radius 2 is 2.18 bits per heavy atom.